The lowest BCUT2D eigenvalue weighted by Crippen LogP contribution is -2.16. The standard InChI is InChI=1S/C12H16ClNO3/c1-14(2)7-4-8-17-10-6-3-5-9(13)11(10)12(15)16/h3,5-6H,4,7-8H2,1-2H3,(H,15,16). The molecule has 0 saturated heterocycles. The molecule has 17 heavy (non-hydrogen) atoms. The lowest BCUT2D eigenvalue weighted by molar-refractivity contribution is 0.0692. The summed E-state index contributed by atoms with van der Waals surface area (Å²) >= 11 is 5.82. The Labute approximate surface area is 106 Å². The molecule has 1 aromatic rings. The third-order valence-electron chi connectivity index (χ3n) is 2.20. The molecule has 0 spiro atoms. The number of benzene rings is 1. The molecule has 0 radical (unpaired) electrons. The van der Waals surface area contributed by atoms with E-state index in [1.54, 1.807) is 12.1 Å². The molecule has 0 atom stereocenters. The van der Waals surface area contributed by atoms with Crippen molar-refractivity contribution in [3.63, 3.8) is 0 Å². The number of hydrogen-bond donors (Lipinski definition) is 1. The molecule has 0 aliphatic rings. The van der Waals surface area contributed by atoms with Crippen LogP contribution >= 0.6 is 11.6 Å². The van der Waals surface area contributed by atoms with Crippen molar-refractivity contribution in [2.75, 3.05) is 27.2 Å². The molecule has 4 nitrogen and oxygen atoms in total. The molecule has 1 N–H and O–H groups in total. The van der Waals surface area contributed by atoms with Gasteiger partial charge in [-0.05, 0) is 32.6 Å². The zero-order valence-electron chi connectivity index (χ0n) is 9.94. The second-order valence-electron chi connectivity index (χ2n) is 3.92. The highest BCUT2D eigenvalue weighted by atomic mass is 35.5. The number of carboxylic acid groups (broad SMARTS) is 1. The van der Waals surface area contributed by atoms with Crippen LogP contribution in [0.25, 0.3) is 0 Å². The maximum absolute atomic E-state index is 11.0. The van der Waals surface area contributed by atoms with Crippen molar-refractivity contribution in [1.29, 1.82) is 0 Å². The van der Waals surface area contributed by atoms with Crippen molar-refractivity contribution in [3.8, 4) is 5.75 Å². The summed E-state index contributed by atoms with van der Waals surface area (Å²) < 4.78 is 5.44. The van der Waals surface area contributed by atoms with Gasteiger partial charge in [0.25, 0.3) is 0 Å². The molecule has 0 aliphatic heterocycles. The number of carbonyl (C=O) groups is 1. The van der Waals surface area contributed by atoms with E-state index in [9.17, 15) is 4.79 Å². The maximum Gasteiger partial charge on any atom is 0.341 e. The minimum absolute atomic E-state index is 0.0269. The van der Waals surface area contributed by atoms with E-state index >= 15 is 0 Å². The summed E-state index contributed by atoms with van der Waals surface area (Å²) in [7, 11) is 3.95. The van der Waals surface area contributed by atoms with Gasteiger partial charge in [0, 0.05) is 6.54 Å². The van der Waals surface area contributed by atoms with Crippen LogP contribution in [-0.2, 0) is 0 Å². The minimum Gasteiger partial charge on any atom is -0.493 e. The van der Waals surface area contributed by atoms with Crippen molar-refractivity contribution in [2.24, 2.45) is 0 Å². The number of rotatable bonds is 6. The second kappa shape index (κ2) is 6.47. The largest absolute Gasteiger partial charge is 0.493 e. The fraction of sp³-hybridized carbons (Fsp3) is 0.417. The Balaban J connectivity index is 2.64. The molecule has 0 fully saturated rings. The van der Waals surface area contributed by atoms with E-state index < -0.39 is 5.97 Å². The summed E-state index contributed by atoms with van der Waals surface area (Å²) in [4.78, 5) is 13.1. The van der Waals surface area contributed by atoms with Crippen LogP contribution in [0.3, 0.4) is 0 Å². The van der Waals surface area contributed by atoms with Crippen LogP contribution < -0.4 is 4.74 Å². The second-order valence-corrected chi connectivity index (χ2v) is 4.33. The van der Waals surface area contributed by atoms with Crippen LogP contribution in [0.15, 0.2) is 18.2 Å². The summed E-state index contributed by atoms with van der Waals surface area (Å²) in [5.74, 6) is -0.748. The number of ether oxygens (including phenoxy) is 1. The van der Waals surface area contributed by atoms with E-state index in [0.29, 0.717) is 12.4 Å². The molecular weight excluding hydrogens is 242 g/mol. The number of halogens is 1. The highest BCUT2D eigenvalue weighted by Crippen LogP contribution is 2.26. The maximum atomic E-state index is 11.0. The Morgan fingerprint density at radius 1 is 1.47 bits per heavy atom. The fourth-order valence-electron chi connectivity index (χ4n) is 1.40. The van der Waals surface area contributed by atoms with Gasteiger partial charge in [-0.3, -0.25) is 0 Å². The van der Waals surface area contributed by atoms with Crippen molar-refractivity contribution in [2.45, 2.75) is 6.42 Å². The third kappa shape index (κ3) is 4.24. The van der Waals surface area contributed by atoms with E-state index in [-0.39, 0.29) is 10.6 Å². The summed E-state index contributed by atoms with van der Waals surface area (Å²) in [5, 5.41) is 9.22. The lowest BCUT2D eigenvalue weighted by atomic mass is 10.2. The quantitative estimate of drug-likeness (QED) is 0.795. The highest BCUT2D eigenvalue weighted by molar-refractivity contribution is 6.33. The molecule has 0 bridgehead atoms. The molecule has 1 rings (SSSR count). The molecule has 5 heteroatoms. The first kappa shape index (κ1) is 13.8. The molecule has 0 heterocycles. The van der Waals surface area contributed by atoms with Gasteiger partial charge in [-0.25, -0.2) is 4.79 Å². The van der Waals surface area contributed by atoms with E-state index in [1.807, 2.05) is 19.0 Å². The van der Waals surface area contributed by atoms with Gasteiger partial charge in [0.1, 0.15) is 11.3 Å². The topological polar surface area (TPSA) is 49.8 Å². The van der Waals surface area contributed by atoms with Gasteiger partial charge in [0.2, 0.25) is 0 Å². The third-order valence-corrected chi connectivity index (χ3v) is 2.51. The van der Waals surface area contributed by atoms with Crippen LogP contribution in [0.1, 0.15) is 16.8 Å². The zero-order valence-corrected chi connectivity index (χ0v) is 10.7. The van der Waals surface area contributed by atoms with E-state index in [0.717, 1.165) is 13.0 Å². The molecule has 0 saturated carbocycles. The van der Waals surface area contributed by atoms with Crippen LogP contribution in [0, 0.1) is 0 Å². The highest BCUT2D eigenvalue weighted by Gasteiger charge is 2.15. The first-order chi connectivity index (χ1) is 8.02. The average molecular weight is 258 g/mol. The summed E-state index contributed by atoms with van der Waals surface area (Å²) in [6.45, 7) is 1.36. The number of carboxylic acids is 1. The minimum atomic E-state index is -1.07. The first-order valence-electron chi connectivity index (χ1n) is 5.31. The van der Waals surface area contributed by atoms with Gasteiger partial charge in [-0.2, -0.15) is 0 Å². The van der Waals surface area contributed by atoms with E-state index in [1.165, 1.54) is 6.07 Å². The van der Waals surface area contributed by atoms with Gasteiger partial charge in [0.15, 0.2) is 0 Å². The first-order valence-corrected chi connectivity index (χ1v) is 5.69. The zero-order chi connectivity index (χ0) is 12.8. The summed E-state index contributed by atoms with van der Waals surface area (Å²) in [6, 6.07) is 4.83. The normalized spacial score (nSPS) is 10.6. The van der Waals surface area contributed by atoms with Crippen molar-refractivity contribution in [3.05, 3.63) is 28.8 Å². The van der Waals surface area contributed by atoms with E-state index in [4.69, 9.17) is 21.4 Å². The van der Waals surface area contributed by atoms with E-state index in [2.05, 4.69) is 0 Å². The lowest BCUT2D eigenvalue weighted by Gasteiger charge is -2.12. The molecule has 0 aliphatic carbocycles. The molecule has 1 aromatic carbocycles. The molecule has 0 amide bonds. The molecule has 94 valence electrons. The van der Waals surface area contributed by atoms with Crippen LogP contribution in [-0.4, -0.2) is 43.2 Å². The predicted molar refractivity (Wildman–Crippen MR) is 67.1 cm³/mol. The summed E-state index contributed by atoms with van der Waals surface area (Å²) in [5.41, 5.74) is 0.0269. The molecule has 0 unspecified atom stereocenters. The molecular formula is C12H16ClNO3. The Bertz CT molecular complexity index is 393. The van der Waals surface area contributed by atoms with Gasteiger partial charge in [-0.15, -0.1) is 0 Å². The fourth-order valence-corrected chi connectivity index (χ4v) is 1.64. The van der Waals surface area contributed by atoms with Gasteiger partial charge >= 0.3 is 5.97 Å². The van der Waals surface area contributed by atoms with Crippen LogP contribution in [0.4, 0.5) is 0 Å². The van der Waals surface area contributed by atoms with Crippen molar-refractivity contribution < 1.29 is 14.6 Å². The monoisotopic (exact) mass is 257 g/mol. The smallest absolute Gasteiger partial charge is 0.341 e. The Morgan fingerprint density at radius 2 is 2.18 bits per heavy atom. The Morgan fingerprint density at radius 3 is 2.76 bits per heavy atom. The SMILES string of the molecule is CN(C)CCCOc1cccc(Cl)c1C(=O)O. The predicted octanol–water partition coefficient (Wildman–Crippen LogP) is 2.37. The van der Waals surface area contributed by atoms with Gasteiger partial charge in [0.05, 0.1) is 11.6 Å². The van der Waals surface area contributed by atoms with Gasteiger partial charge < -0.3 is 14.7 Å². The molecule has 0 aromatic heterocycles. The van der Waals surface area contributed by atoms with Crippen LogP contribution in [0.5, 0.6) is 5.75 Å². The van der Waals surface area contributed by atoms with Gasteiger partial charge in [-0.1, -0.05) is 17.7 Å². The Hall–Kier alpha value is -1.26. The number of aromatic carboxylic acids is 1. The van der Waals surface area contributed by atoms with Crippen LogP contribution in [0.2, 0.25) is 5.02 Å². The van der Waals surface area contributed by atoms with Crippen molar-refractivity contribution in [1.82, 2.24) is 4.90 Å². The number of nitrogens with zero attached hydrogens (tertiary/aromatic N) is 1. The average Bonchev–Trinajstić information content (AvgIpc) is 2.23. The van der Waals surface area contributed by atoms with Crippen molar-refractivity contribution >= 4 is 17.6 Å². The summed E-state index contributed by atoms with van der Waals surface area (Å²) in [6.07, 6.45) is 0.832. The Kier molecular flexibility index (Phi) is 5.25. The number of hydrogen-bond acceptors (Lipinski definition) is 3.